The van der Waals surface area contributed by atoms with Gasteiger partial charge in [-0.1, -0.05) is 23.7 Å². The fourth-order valence-corrected chi connectivity index (χ4v) is 3.04. The monoisotopic (exact) mass is 348 g/mol. The number of halogens is 1. The van der Waals surface area contributed by atoms with E-state index in [1.165, 1.54) is 0 Å². The smallest absolute Gasteiger partial charge is 0.321 e. The molecule has 1 aromatic carbocycles. The summed E-state index contributed by atoms with van der Waals surface area (Å²) >= 11 is 6.17. The topological polar surface area (TPSA) is 59.4 Å². The van der Waals surface area contributed by atoms with Crippen LogP contribution < -0.4 is 5.32 Å². The largest absolute Gasteiger partial charge is 0.378 e. The number of hydrogen-bond acceptors (Lipinski definition) is 3. The number of piperidine rings is 1. The summed E-state index contributed by atoms with van der Waals surface area (Å²) < 4.78 is 7.26. The highest BCUT2D eigenvalue weighted by atomic mass is 35.5. The highest BCUT2D eigenvalue weighted by Gasteiger charge is 2.23. The van der Waals surface area contributed by atoms with E-state index in [0.29, 0.717) is 23.8 Å². The van der Waals surface area contributed by atoms with Gasteiger partial charge < -0.3 is 15.0 Å². The molecule has 3 rings (SSSR count). The van der Waals surface area contributed by atoms with E-state index < -0.39 is 0 Å². The third kappa shape index (κ3) is 3.88. The predicted molar refractivity (Wildman–Crippen MR) is 93.8 cm³/mol. The van der Waals surface area contributed by atoms with Crippen LogP contribution in [0.2, 0.25) is 5.02 Å². The van der Waals surface area contributed by atoms with Crippen molar-refractivity contribution in [3.05, 3.63) is 41.7 Å². The first kappa shape index (κ1) is 16.8. The standard InChI is InChI=1S/C17H21ClN4O2/c1-2-24-14-7-9-21(10-8-14)17(23)20-13-11-19-22(12-13)16-6-4-3-5-15(16)18/h3-6,11-12,14H,2,7-10H2,1H3,(H,20,23). The summed E-state index contributed by atoms with van der Waals surface area (Å²) in [5, 5.41) is 7.76. The van der Waals surface area contributed by atoms with Crippen LogP contribution in [0.4, 0.5) is 10.5 Å². The summed E-state index contributed by atoms with van der Waals surface area (Å²) in [6.45, 7) is 4.12. The third-order valence-electron chi connectivity index (χ3n) is 4.06. The van der Waals surface area contributed by atoms with E-state index in [9.17, 15) is 4.79 Å². The maximum Gasteiger partial charge on any atom is 0.321 e. The van der Waals surface area contributed by atoms with Crippen molar-refractivity contribution < 1.29 is 9.53 Å². The molecule has 2 heterocycles. The second kappa shape index (κ2) is 7.68. The van der Waals surface area contributed by atoms with E-state index in [2.05, 4.69) is 10.4 Å². The maximum absolute atomic E-state index is 12.4. The average molecular weight is 349 g/mol. The second-order valence-corrected chi connectivity index (χ2v) is 6.10. The number of rotatable bonds is 4. The van der Waals surface area contributed by atoms with Gasteiger partial charge in [0.1, 0.15) is 0 Å². The maximum atomic E-state index is 12.4. The Hall–Kier alpha value is -2.05. The zero-order valence-corrected chi connectivity index (χ0v) is 14.4. The first-order chi connectivity index (χ1) is 11.7. The van der Waals surface area contributed by atoms with E-state index in [1.54, 1.807) is 23.1 Å². The van der Waals surface area contributed by atoms with Crippen LogP contribution in [-0.2, 0) is 4.74 Å². The molecule has 0 unspecified atom stereocenters. The predicted octanol–water partition coefficient (Wildman–Crippen LogP) is 3.56. The molecule has 1 aromatic heterocycles. The molecule has 0 bridgehead atoms. The molecule has 0 aliphatic carbocycles. The molecular formula is C17H21ClN4O2. The van der Waals surface area contributed by atoms with Crippen LogP contribution >= 0.6 is 11.6 Å². The van der Waals surface area contributed by atoms with Crippen molar-refractivity contribution in [2.24, 2.45) is 0 Å². The first-order valence-corrected chi connectivity index (χ1v) is 8.52. The molecule has 0 radical (unpaired) electrons. The van der Waals surface area contributed by atoms with Gasteiger partial charge >= 0.3 is 6.03 Å². The minimum Gasteiger partial charge on any atom is -0.378 e. The van der Waals surface area contributed by atoms with Crippen molar-refractivity contribution in [1.82, 2.24) is 14.7 Å². The second-order valence-electron chi connectivity index (χ2n) is 5.70. The molecule has 2 aromatic rings. The fourth-order valence-electron chi connectivity index (χ4n) is 2.82. The van der Waals surface area contributed by atoms with Crippen LogP contribution in [-0.4, -0.2) is 46.5 Å². The molecule has 1 saturated heterocycles. The fraction of sp³-hybridized carbons (Fsp3) is 0.412. The van der Waals surface area contributed by atoms with E-state index in [4.69, 9.17) is 16.3 Å². The number of para-hydroxylation sites is 1. The van der Waals surface area contributed by atoms with Crippen LogP contribution in [0.5, 0.6) is 0 Å². The number of nitrogens with zero attached hydrogens (tertiary/aromatic N) is 3. The zero-order valence-electron chi connectivity index (χ0n) is 13.6. The lowest BCUT2D eigenvalue weighted by Crippen LogP contribution is -2.43. The number of benzene rings is 1. The van der Waals surface area contributed by atoms with Crippen molar-refractivity contribution >= 4 is 23.3 Å². The van der Waals surface area contributed by atoms with E-state index in [0.717, 1.165) is 25.1 Å². The van der Waals surface area contributed by atoms with Crippen LogP contribution in [0.3, 0.4) is 0 Å². The Morgan fingerprint density at radius 2 is 2.12 bits per heavy atom. The van der Waals surface area contributed by atoms with Gasteiger partial charge in [0.25, 0.3) is 0 Å². The summed E-state index contributed by atoms with van der Waals surface area (Å²) in [5.41, 5.74) is 1.42. The molecular weight excluding hydrogens is 328 g/mol. The Kier molecular flexibility index (Phi) is 5.37. The Morgan fingerprint density at radius 3 is 2.83 bits per heavy atom. The molecule has 128 valence electrons. The molecule has 0 atom stereocenters. The van der Waals surface area contributed by atoms with Gasteiger partial charge in [0, 0.05) is 19.7 Å². The number of carbonyl (C=O) groups is 1. The van der Waals surface area contributed by atoms with Crippen molar-refractivity contribution in [1.29, 1.82) is 0 Å². The molecule has 0 spiro atoms. The molecule has 1 N–H and O–H groups in total. The van der Waals surface area contributed by atoms with Crippen molar-refractivity contribution in [3.8, 4) is 5.69 Å². The van der Waals surface area contributed by atoms with Crippen molar-refractivity contribution in [3.63, 3.8) is 0 Å². The summed E-state index contributed by atoms with van der Waals surface area (Å²) in [5.74, 6) is 0. The summed E-state index contributed by atoms with van der Waals surface area (Å²) in [4.78, 5) is 14.2. The Morgan fingerprint density at radius 1 is 1.38 bits per heavy atom. The van der Waals surface area contributed by atoms with E-state index >= 15 is 0 Å². The molecule has 1 aliphatic rings. The normalized spacial score (nSPS) is 15.5. The number of urea groups is 1. The summed E-state index contributed by atoms with van der Waals surface area (Å²) in [6.07, 6.45) is 5.39. The highest BCUT2D eigenvalue weighted by Crippen LogP contribution is 2.21. The SMILES string of the molecule is CCOC1CCN(C(=O)Nc2cnn(-c3ccccc3Cl)c2)CC1. The first-order valence-electron chi connectivity index (χ1n) is 8.14. The van der Waals surface area contributed by atoms with E-state index in [1.807, 2.05) is 30.0 Å². The molecule has 6 nitrogen and oxygen atoms in total. The lowest BCUT2D eigenvalue weighted by molar-refractivity contribution is 0.0232. The van der Waals surface area contributed by atoms with Gasteiger partial charge in [0.05, 0.1) is 34.9 Å². The van der Waals surface area contributed by atoms with Gasteiger partial charge in [0.2, 0.25) is 0 Å². The van der Waals surface area contributed by atoms with Crippen molar-refractivity contribution in [2.75, 3.05) is 25.0 Å². The Bertz CT molecular complexity index is 695. The van der Waals surface area contributed by atoms with Crippen LogP contribution in [0.15, 0.2) is 36.7 Å². The summed E-state index contributed by atoms with van der Waals surface area (Å²) in [7, 11) is 0. The van der Waals surface area contributed by atoms with Gasteiger partial charge in [-0.25, -0.2) is 9.48 Å². The molecule has 7 heteroatoms. The number of aromatic nitrogens is 2. The summed E-state index contributed by atoms with van der Waals surface area (Å²) in [6, 6.07) is 7.33. The van der Waals surface area contributed by atoms with Crippen LogP contribution in [0, 0.1) is 0 Å². The molecule has 24 heavy (non-hydrogen) atoms. The minimum atomic E-state index is -0.108. The molecule has 2 amide bonds. The number of amides is 2. The van der Waals surface area contributed by atoms with Gasteiger partial charge in [0.15, 0.2) is 0 Å². The lowest BCUT2D eigenvalue weighted by atomic mass is 10.1. The van der Waals surface area contributed by atoms with Gasteiger partial charge in [-0.05, 0) is 31.9 Å². The van der Waals surface area contributed by atoms with Crippen LogP contribution in [0.25, 0.3) is 5.69 Å². The molecule has 0 saturated carbocycles. The van der Waals surface area contributed by atoms with Gasteiger partial charge in [-0.3, -0.25) is 0 Å². The number of nitrogens with one attached hydrogen (secondary N) is 1. The molecule has 1 aliphatic heterocycles. The van der Waals surface area contributed by atoms with Crippen molar-refractivity contribution in [2.45, 2.75) is 25.9 Å². The number of carbonyl (C=O) groups excluding carboxylic acids is 1. The van der Waals surface area contributed by atoms with Crippen LogP contribution in [0.1, 0.15) is 19.8 Å². The molecule has 1 fully saturated rings. The van der Waals surface area contributed by atoms with E-state index in [-0.39, 0.29) is 12.1 Å². The van der Waals surface area contributed by atoms with Gasteiger partial charge in [-0.15, -0.1) is 0 Å². The minimum absolute atomic E-state index is 0.108. The lowest BCUT2D eigenvalue weighted by Gasteiger charge is -2.31. The number of ether oxygens (including phenoxy) is 1. The highest BCUT2D eigenvalue weighted by molar-refractivity contribution is 6.32. The number of hydrogen-bond donors (Lipinski definition) is 1. The Labute approximate surface area is 146 Å². The third-order valence-corrected chi connectivity index (χ3v) is 4.38. The number of likely N-dealkylation sites (tertiary alicyclic amines) is 1. The number of anilines is 1. The quantitative estimate of drug-likeness (QED) is 0.919. The average Bonchev–Trinajstić information content (AvgIpc) is 3.04. The zero-order chi connectivity index (χ0) is 16.9. The van der Waals surface area contributed by atoms with Gasteiger partial charge in [-0.2, -0.15) is 5.10 Å². The Balaban J connectivity index is 1.59.